The molecule has 0 bridgehead atoms. The minimum atomic E-state index is -4.40. The first kappa shape index (κ1) is 21.1. The van der Waals surface area contributed by atoms with E-state index in [2.05, 4.69) is 36.1 Å². The highest BCUT2D eigenvalue weighted by Gasteiger charge is 2.34. The molecule has 31 heavy (non-hydrogen) atoms. The van der Waals surface area contributed by atoms with Crippen LogP contribution in [0.4, 0.5) is 13.2 Å². The van der Waals surface area contributed by atoms with Crippen LogP contribution >= 0.6 is 0 Å². The third kappa shape index (κ3) is 4.62. The zero-order valence-electron chi connectivity index (χ0n) is 17.2. The van der Waals surface area contributed by atoms with Crippen molar-refractivity contribution < 1.29 is 22.5 Å². The van der Waals surface area contributed by atoms with E-state index < -0.39 is 11.7 Å². The van der Waals surface area contributed by atoms with Crippen LogP contribution in [0.15, 0.2) is 53.1 Å². The lowest BCUT2D eigenvalue weighted by molar-refractivity contribution is -0.137. The predicted octanol–water partition coefficient (Wildman–Crippen LogP) is 5.39. The summed E-state index contributed by atoms with van der Waals surface area (Å²) in [4.78, 5) is 18.6. The molecule has 1 amide bonds. The van der Waals surface area contributed by atoms with E-state index >= 15 is 0 Å². The fraction of sp³-hybridized carbons (Fsp3) is 0.348. The summed E-state index contributed by atoms with van der Waals surface area (Å²) in [6.07, 6.45) is -4.13. The molecule has 1 saturated heterocycles. The summed E-state index contributed by atoms with van der Waals surface area (Å²) < 4.78 is 43.4. The molecular formula is C23H22F3N3O2. The smallest absolute Gasteiger partial charge is 0.338 e. The van der Waals surface area contributed by atoms with Crippen LogP contribution in [0.3, 0.4) is 0 Å². The normalized spacial score (nSPS) is 17.0. The van der Waals surface area contributed by atoms with Crippen molar-refractivity contribution in [2.24, 2.45) is 0 Å². The number of rotatable bonds is 5. The van der Waals surface area contributed by atoms with Crippen molar-refractivity contribution >= 4 is 5.91 Å². The Morgan fingerprint density at radius 1 is 1.10 bits per heavy atom. The molecule has 1 unspecified atom stereocenters. The average molecular weight is 429 g/mol. The number of amides is 1. The minimum absolute atomic E-state index is 0.0128. The third-order valence-electron chi connectivity index (χ3n) is 5.50. The van der Waals surface area contributed by atoms with Crippen molar-refractivity contribution in [3.05, 3.63) is 71.0 Å². The number of likely N-dealkylation sites (tertiary alicyclic amines) is 1. The Morgan fingerprint density at radius 2 is 1.77 bits per heavy atom. The van der Waals surface area contributed by atoms with Gasteiger partial charge < -0.3 is 9.42 Å². The first-order valence-electron chi connectivity index (χ1n) is 10.1. The topological polar surface area (TPSA) is 59.2 Å². The van der Waals surface area contributed by atoms with Gasteiger partial charge in [-0.2, -0.15) is 18.2 Å². The van der Waals surface area contributed by atoms with Crippen LogP contribution in [-0.4, -0.2) is 27.5 Å². The lowest BCUT2D eigenvalue weighted by Gasteiger charge is -2.16. The first-order chi connectivity index (χ1) is 14.7. The van der Waals surface area contributed by atoms with Crippen molar-refractivity contribution in [2.45, 2.75) is 44.8 Å². The Hall–Kier alpha value is -3.16. The van der Waals surface area contributed by atoms with Gasteiger partial charge in [-0.05, 0) is 41.3 Å². The van der Waals surface area contributed by atoms with Gasteiger partial charge >= 0.3 is 6.18 Å². The molecule has 2 aromatic carbocycles. The van der Waals surface area contributed by atoms with Crippen LogP contribution in [0, 0.1) is 0 Å². The highest BCUT2D eigenvalue weighted by atomic mass is 19.4. The summed E-state index contributed by atoms with van der Waals surface area (Å²) in [5, 5.41) is 3.97. The standard InChI is InChI=1S/C23H22F3N3O2/c1-14(2)16-5-3-15(4-6-16)12-29-13-18(11-20(29)30)21-27-22(31-28-21)17-7-9-19(10-8-17)23(24,25)26/h3-10,14,18H,11-13H2,1-2H3. The second-order valence-electron chi connectivity index (χ2n) is 8.10. The highest BCUT2D eigenvalue weighted by molar-refractivity contribution is 5.79. The van der Waals surface area contributed by atoms with Crippen molar-refractivity contribution in [2.75, 3.05) is 6.54 Å². The van der Waals surface area contributed by atoms with Gasteiger partial charge in [-0.3, -0.25) is 4.79 Å². The molecule has 5 nitrogen and oxygen atoms in total. The maximum atomic E-state index is 12.7. The van der Waals surface area contributed by atoms with Crippen LogP contribution in [-0.2, 0) is 17.5 Å². The van der Waals surface area contributed by atoms with Crippen molar-refractivity contribution in [1.82, 2.24) is 15.0 Å². The molecule has 3 aromatic rings. The van der Waals surface area contributed by atoms with Gasteiger partial charge in [0.2, 0.25) is 5.91 Å². The summed E-state index contributed by atoms with van der Waals surface area (Å²) in [7, 11) is 0. The molecule has 1 fully saturated rings. The number of benzene rings is 2. The maximum absolute atomic E-state index is 12.7. The molecule has 2 heterocycles. The fourth-order valence-corrected chi connectivity index (χ4v) is 3.65. The molecule has 0 aliphatic carbocycles. The van der Waals surface area contributed by atoms with Gasteiger partial charge in [-0.1, -0.05) is 43.3 Å². The first-order valence-corrected chi connectivity index (χ1v) is 10.1. The maximum Gasteiger partial charge on any atom is 0.416 e. The van der Waals surface area contributed by atoms with Crippen LogP contribution < -0.4 is 0 Å². The van der Waals surface area contributed by atoms with Crippen molar-refractivity contribution in [1.29, 1.82) is 0 Å². The molecule has 0 spiro atoms. The van der Waals surface area contributed by atoms with E-state index in [0.717, 1.165) is 17.7 Å². The quantitative estimate of drug-likeness (QED) is 0.545. The number of alkyl halides is 3. The molecule has 1 aromatic heterocycles. The van der Waals surface area contributed by atoms with Crippen LogP contribution in [0.2, 0.25) is 0 Å². The summed E-state index contributed by atoms with van der Waals surface area (Å²) in [6.45, 7) is 5.25. The Morgan fingerprint density at radius 3 is 2.39 bits per heavy atom. The van der Waals surface area contributed by atoms with Gasteiger partial charge in [0.25, 0.3) is 5.89 Å². The number of carbonyl (C=O) groups excluding carboxylic acids is 1. The van der Waals surface area contributed by atoms with E-state index in [-0.39, 0.29) is 24.1 Å². The van der Waals surface area contributed by atoms with Gasteiger partial charge in [0.05, 0.1) is 5.56 Å². The van der Waals surface area contributed by atoms with E-state index in [1.54, 1.807) is 4.90 Å². The highest BCUT2D eigenvalue weighted by Crippen LogP contribution is 2.32. The second-order valence-corrected chi connectivity index (χ2v) is 8.10. The summed E-state index contributed by atoms with van der Waals surface area (Å²) in [6, 6.07) is 12.8. The van der Waals surface area contributed by atoms with Crippen LogP contribution in [0.5, 0.6) is 0 Å². The lowest BCUT2D eigenvalue weighted by atomic mass is 10.0. The molecule has 1 aliphatic rings. The van der Waals surface area contributed by atoms with E-state index in [9.17, 15) is 18.0 Å². The summed E-state index contributed by atoms with van der Waals surface area (Å²) in [5.74, 6) is 0.775. The summed E-state index contributed by atoms with van der Waals surface area (Å²) in [5.41, 5.74) is 1.96. The van der Waals surface area contributed by atoms with Gasteiger partial charge in [-0.25, -0.2) is 0 Å². The molecule has 0 saturated carbocycles. The molecular weight excluding hydrogens is 407 g/mol. The minimum Gasteiger partial charge on any atom is -0.338 e. The van der Waals surface area contributed by atoms with Crippen molar-refractivity contribution in [3.8, 4) is 11.5 Å². The molecule has 1 atom stereocenters. The number of aromatic nitrogens is 2. The number of hydrogen-bond acceptors (Lipinski definition) is 4. The zero-order chi connectivity index (χ0) is 22.2. The van der Waals surface area contributed by atoms with Gasteiger partial charge in [0.15, 0.2) is 5.82 Å². The number of nitrogens with zero attached hydrogens (tertiary/aromatic N) is 3. The number of halogens is 3. The Labute approximate surface area is 177 Å². The monoisotopic (exact) mass is 429 g/mol. The van der Waals surface area contributed by atoms with E-state index in [1.165, 1.54) is 17.7 Å². The molecule has 1 aliphatic heterocycles. The van der Waals surface area contributed by atoms with Gasteiger partial charge in [-0.15, -0.1) is 0 Å². The van der Waals surface area contributed by atoms with Crippen molar-refractivity contribution in [3.63, 3.8) is 0 Å². The molecule has 162 valence electrons. The molecule has 8 heteroatoms. The SMILES string of the molecule is CC(C)c1ccc(CN2CC(c3noc(-c4ccc(C(F)(F)F)cc4)n3)CC2=O)cc1. The van der Waals surface area contributed by atoms with Crippen LogP contribution in [0.1, 0.15) is 54.6 Å². The molecule has 0 radical (unpaired) electrons. The third-order valence-corrected chi connectivity index (χ3v) is 5.50. The number of hydrogen-bond donors (Lipinski definition) is 0. The fourth-order valence-electron chi connectivity index (χ4n) is 3.65. The largest absolute Gasteiger partial charge is 0.416 e. The molecule has 4 rings (SSSR count). The predicted molar refractivity (Wildman–Crippen MR) is 108 cm³/mol. The van der Waals surface area contributed by atoms with E-state index in [1.807, 2.05) is 12.1 Å². The Balaban J connectivity index is 1.43. The average Bonchev–Trinajstić information content (AvgIpc) is 3.35. The number of carbonyl (C=O) groups is 1. The van der Waals surface area contributed by atoms with E-state index in [0.29, 0.717) is 30.4 Å². The van der Waals surface area contributed by atoms with Gasteiger partial charge in [0.1, 0.15) is 0 Å². The van der Waals surface area contributed by atoms with Gasteiger partial charge in [0, 0.05) is 31.0 Å². The molecule has 0 N–H and O–H groups in total. The van der Waals surface area contributed by atoms with E-state index in [4.69, 9.17) is 4.52 Å². The lowest BCUT2D eigenvalue weighted by Crippen LogP contribution is -2.24. The second kappa shape index (κ2) is 8.17. The van der Waals surface area contributed by atoms with Crippen LogP contribution in [0.25, 0.3) is 11.5 Å². The Kier molecular flexibility index (Phi) is 5.56. The summed E-state index contributed by atoms with van der Waals surface area (Å²) >= 11 is 0. The Bertz CT molecular complexity index is 1060. The zero-order valence-corrected chi connectivity index (χ0v) is 17.2.